The van der Waals surface area contributed by atoms with Gasteiger partial charge in [-0.1, -0.05) is 12.2 Å². The van der Waals surface area contributed by atoms with Gasteiger partial charge in [0.2, 0.25) is 0 Å². The first-order valence-corrected chi connectivity index (χ1v) is 4.39. The average molecular weight is 190 g/mol. The van der Waals surface area contributed by atoms with E-state index in [9.17, 15) is 0 Å². The minimum atomic E-state index is 0. The van der Waals surface area contributed by atoms with Crippen molar-refractivity contribution in [3.05, 3.63) is 12.2 Å². The van der Waals surface area contributed by atoms with Crippen LogP contribution < -0.4 is 5.32 Å². The number of nitrogens with one attached hydrogen (secondary N) is 1. The Kier molecular flexibility index (Phi) is 3.56. The fraction of sp³-hybridized carbons (Fsp3) is 0.778. The fourth-order valence-corrected chi connectivity index (χ4v) is 1.88. The van der Waals surface area contributed by atoms with Gasteiger partial charge in [-0.25, -0.2) is 0 Å². The van der Waals surface area contributed by atoms with Crippen molar-refractivity contribution in [3.63, 3.8) is 0 Å². The predicted octanol–water partition coefficient (Wildman–Crippen LogP) is 1.51. The summed E-state index contributed by atoms with van der Waals surface area (Å²) in [4.78, 5) is 0. The molecule has 1 N–H and O–H groups in total. The second-order valence-electron chi connectivity index (χ2n) is 3.45. The van der Waals surface area contributed by atoms with Crippen LogP contribution in [0.2, 0.25) is 0 Å². The lowest BCUT2D eigenvalue weighted by Crippen LogP contribution is -2.50. The van der Waals surface area contributed by atoms with E-state index in [0.29, 0.717) is 5.54 Å². The third-order valence-corrected chi connectivity index (χ3v) is 2.72. The molecule has 2 aliphatic heterocycles. The Morgan fingerprint density at radius 1 is 1.17 bits per heavy atom. The zero-order chi connectivity index (χ0) is 7.57. The van der Waals surface area contributed by atoms with Crippen molar-refractivity contribution in [2.45, 2.75) is 24.8 Å². The molecule has 2 heterocycles. The normalized spacial score (nSPS) is 26.7. The Labute approximate surface area is 79.8 Å². The second-order valence-corrected chi connectivity index (χ2v) is 3.45. The van der Waals surface area contributed by atoms with Gasteiger partial charge in [-0.2, -0.15) is 0 Å². The summed E-state index contributed by atoms with van der Waals surface area (Å²) in [6.07, 6.45) is 8.05. The van der Waals surface area contributed by atoms with Crippen molar-refractivity contribution in [1.82, 2.24) is 5.32 Å². The third kappa shape index (κ3) is 2.00. The van der Waals surface area contributed by atoms with E-state index in [0.717, 1.165) is 19.8 Å². The van der Waals surface area contributed by atoms with E-state index < -0.39 is 0 Å². The lowest BCUT2D eigenvalue weighted by atomic mass is 9.85. The summed E-state index contributed by atoms with van der Waals surface area (Å²) in [7, 11) is 0. The van der Waals surface area contributed by atoms with Crippen molar-refractivity contribution in [3.8, 4) is 0 Å². The maximum atomic E-state index is 5.33. The molecule has 0 radical (unpaired) electrons. The molecular formula is C9H16ClNO. The lowest BCUT2D eigenvalue weighted by Gasteiger charge is -2.39. The van der Waals surface area contributed by atoms with Crippen LogP contribution >= 0.6 is 12.4 Å². The fourth-order valence-electron chi connectivity index (χ4n) is 1.88. The molecular weight excluding hydrogens is 174 g/mol. The van der Waals surface area contributed by atoms with Crippen molar-refractivity contribution in [2.75, 3.05) is 19.8 Å². The Morgan fingerprint density at radius 2 is 1.92 bits per heavy atom. The number of hydrogen-bond donors (Lipinski definition) is 1. The highest BCUT2D eigenvalue weighted by atomic mass is 35.5. The smallest absolute Gasteiger partial charge is 0.0483 e. The van der Waals surface area contributed by atoms with Gasteiger partial charge in [0.1, 0.15) is 0 Å². The molecule has 1 saturated heterocycles. The molecule has 0 aliphatic carbocycles. The first-order valence-electron chi connectivity index (χ1n) is 4.39. The van der Waals surface area contributed by atoms with Crippen LogP contribution in [0.1, 0.15) is 19.3 Å². The van der Waals surface area contributed by atoms with Crippen LogP contribution in [0.5, 0.6) is 0 Å². The number of ether oxygens (including phenoxy) is 1. The van der Waals surface area contributed by atoms with E-state index in [-0.39, 0.29) is 12.4 Å². The molecule has 2 rings (SSSR count). The average Bonchev–Trinajstić information content (AvgIpc) is 2.07. The molecule has 70 valence electrons. The van der Waals surface area contributed by atoms with Crippen LogP contribution in [-0.4, -0.2) is 25.3 Å². The van der Waals surface area contributed by atoms with Crippen molar-refractivity contribution in [2.24, 2.45) is 0 Å². The molecule has 0 saturated carbocycles. The van der Waals surface area contributed by atoms with E-state index in [1.54, 1.807) is 0 Å². The molecule has 0 unspecified atom stereocenters. The third-order valence-electron chi connectivity index (χ3n) is 2.72. The number of rotatable bonds is 0. The molecule has 12 heavy (non-hydrogen) atoms. The second kappa shape index (κ2) is 4.26. The van der Waals surface area contributed by atoms with Crippen molar-refractivity contribution >= 4 is 12.4 Å². The summed E-state index contributed by atoms with van der Waals surface area (Å²) < 4.78 is 5.33. The van der Waals surface area contributed by atoms with Crippen molar-refractivity contribution in [1.29, 1.82) is 0 Å². The topological polar surface area (TPSA) is 21.3 Å². The van der Waals surface area contributed by atoms with E-state index in [1.807, 2.05) is 0 Å². The van der Waals surface area contributed by atoms with Gasteiger partial charge in [0.25, 0.3) is 0 Å². The summed E-state index contributed by atoms with van der Waals surface area (Å²) in [6.45, 7) is 2.90. The minimum Gasteiger partial charge on any atom is -0.381 e. The van der Waals surface area contributed by atoms with E-state index in [1.165, 1.54) is 19.3 Å². The quantitative estimate of drug-likeness (QED) is 0.584. The van der Waals surface area contributed by atoms with Crippen molar-refractivity contribution < 1.29 is 4.74 Å². The Morgan fingerprint density at radius 3 is 2.50 bits per heavy atom. The van der Waals surface area contributed by atoms with E-state index in [2.05, 4.69) is 17.5 Å². The van der Waals surface area contributed by atoms with Gasteiger partial charge in [-0.15, -0.1) is 12.4 Å². The van der Waals surface area contributed by atoms with Gasteiger partial charge < -0.3 is 10.1 Å². The highest BCUT2D eigenvalue weighted by molar-refractivity contribution is 5.85. The summed E-state index contributed by atoms with van der Waals surface area (Å²) in [5.41, 5.74) is 0.396. The van der Waals surface area contributed by atoms with Gasteiger partial charge in [-0.05, 0) is 19.3 Å². The monoisotopic (exact) mass is 189 g/mol. The molecule has 1 fully saturated rings. The molecule has 2 nitrogen and oxygen atoms in total. The molecule has 2 aliphatic rings. The molecule has 0 amide bonds. The van der Waals surface area contributed by atoms with Crippen LogP contribution in [0.15, 0.2) is 12.2 Å². The number of halogens is 1. The maximum Gasteiger partial charge on any atom is 0.0483 e. The molecule has 0 bridgehead atoms. The molecule has 0 aromatic carbocycles. The first-order chi connectivity index (χ1) is 5.41. The van der Waals surface area contributed by atoms with Gasteiger partial charge in [-0.3, -0.25) is 0 Å². The Balaban J connectivity index is 0.000000720. The lowest BCUT2D eigenvalue weighted by molar-refractivity contribution is 0.0391. The maximum absolute atomic E-state index is 5.33. The van der Waals surface area contributed by atoms with Gasteiger partial charge in [0, 0.05) is 25.3 Å². The Hall–Kier alpha value is -0.0500. The predicted molar refractivity (Wildman–Crippen MR) is 51.8 cm³/mol. The van der Waals surface area contributed by atoms with E-state index >= 15 is 0 Å². The SMILES string of the molecule is C1=CCC2(CCOCC2)NC1.Cl. The summed E-state index contributed by atoms with van der Waals surface area (Å²) in [5, 5.41) is 3.57. The van der Waals surface area contributed by atoms with Gasteiger partial charge >= 0.3 is 0 Å². The highest BCUT2D eigenvalue weighted by Crippen LogP contribution is 2.26. The highest BCUT2D eigenvalue weighted by Gasteiger charge is 2.31. The Bertz CT molecular complexity index is 164. The first kappa shape index (κ1) is 10.0. The van der Waals surface area contributed by atoms with Gasteiger partial charge in [0.05, 0.1) is 0 Å². The largest absolute Gasteiger partial charge is 0.381 e. The van der Waals surface area contributed by atoms with E-state index in [4.69, 9.17) is 4.74 Å². The van der Waals surface area contributed by atoms with Crippen LogP contribution in [0.25, 0.3) is 0 Å². The number of hydrogen-bond acceptors (Lipinski definition) is 2. The summed E-state index contributed by atoms with van der Waals surface area (Å²) >= 11 is 0. The standard InChI is InChI=1S/C9H15NO.ClH/c1-2-6-10-9(3-1)4-7-11-8-5-9;/h1-2,10H,3-8H2;1H. The zero-order valence-corrected chi connectivity index (χ0v) is 8.03. The van der Waals surface area contributed by atoms with Crippen LogP contribution in [-0.2, 0) is 4.74 Å². The van der Waals surface area contributed by atoms with Gasteiger partial charge in [0.15, 0.2) is 0 Å². The molecule has 3 heteroatoms. The summed E-state index contributed by atoms with van der Waals surface area (Å²) in [5.74, 6) is 0. The minimum absolute atomic E-state index is 0. The van der Waals surface area contributed by atoms with Crippen LogP contribution in [0.3, 0.4) is 0 Å². The van der Waals surface area contributed by atoms with Crippen LogP contribution in [0.4, 0.5) is 0 Å². The van der Waals surface area contributed by atoms with Crippen LogP contribution in [0, 0.1) is 0 Å². The molecule has 0 atom stereocenters. The molecule has 0 aromatic heterocycles. The zero-order valence-electron chi connectivity index (χ0n) is 7.21. The summed E-state index contributed by atoms with van der Waals surface area (Å²) in [6, 6.07) is 0. The molecule has 0 aromatic rings. The molecule has 1 spiro atoms.